The second-order valence-electron chi connectivity index (χ2n) is 5.21. The number of hydrogen-bond donors (Lipinski definition) is 1. The second-order valence-corrected chi connectivity index (χ2v) is 7.36. The molecule has 0 aromatic heterocycles. The third-order valence-corrected chi connectivity index (χ3v) is 5.29. The Bertz CT molecular complexity index is 559. The van der Waals surface area contributed by atoms with Crippen LogP contribution < -0.4 is 15.2 Å². The Morgan fingerprint density at radius 1 is 1.35 bits per heavy atom. The molecular weight excluding hydrogens is 278 g/mol. The highest BCUT2D eigenvalue weighted by molar-refractivity contribution is 7.92. The minimum absolute atomic E-state index is 0.0821. The maximum absolute atomic E-state index is 11.2. The summed E-state index contributed by atoms with van der Waals surface area (Å²) < 4.78 is 33.4. The molecule has 1 aliphatic rings. The van der Waals surface area contributed by atoms with Crippen molar-refractivity contribution in [1.29, 1.82) is 0 Å². The smallest absolute Gasteiger partial charge is 0.161 e. The fourth-order valence-corrected chi connectivity index (χ4v) is 3.45. The van der Waals surface area contributed by atoms with E-state index in [-0.39, 0.29) is 17.6 Å². The Kier molecular flexibility index (Phi) is 4.55. The fraction of sp³-hybridized carbons (Fsp3) is 0.571. The molecule has 0 spiro atoms. The molecule has 1 fully saturated rings. The number of hydrogen-bond acceptors (Lipinski definition) is 5. The Morgan fingerprint density at radius 3 is 2.60 bits per heavy atom. The molecule has 1 aliphatic heterocycles. The summed E-state index contributed by atoms with van der Waals surface area (Å²) in [6.07, 6.45) is 0.623. The van der Waals surface area contributed by atoms with E-state index in [2.05, 4.69) is 6.92 Å². The Hall–Kier alpha value is -1.27. The highest BCUT2D eigenvalue weighted by atomic mass is 32.2. The molecule has 1 saturated heterocycles. The summed E-state index contributed by atoms with van der Waals surface area (Å²) in [5.41, 5.74) is 6.70. The minimum atomic E-state index is -2.89. The first-order valence-electron chi connectivity index (χ1n) is 6.70. The molecule has 2 N–H and O–H groups in total. The maximum atomic E-state index is 11.2. The third kappa shape index (κ3) is 3.43. The van der Waals surface area contributed by atoms with E-state index in [1.165, 1.54) is 0 Å². The van der Waals surface area contributed by atoms with Gasteiger partial charge in [-0.1, -0.05) is 13.0 Å². The van der Waals surface area contributed by atoms with Crippen LogP contribution in [0.3, 0.4) is 0 Å². The summed E-state index contributed by atoms with van der Waals surface area (Å²) in [6.45, 7) is 2.73. The minimum Gasteiger partial charge on any atom is -0.493 e. The Balaban J connectivity index is 2.14. The highest BCUT2D eigenvalue weighted by Crippen LogP contribution is 2.33. The molecule has 5 nitrogen and oxygen atoms in total. The van der Waals surface area contributed by atoms with Crippen LogP contribution in [0.25, 0.3) is 0 Å². The average Bonchev–Trinajstić information content (AvgIpc) is 2.36. The maximum Gasteiger partial charge on any atom is 0.161 e. The summed E-state index contributed by atoms with van der Waals surface area (Å²) in [5, 5.41) is 0. The van der Waals surface area contributed by atoms with Gasteiger partial charge in [0.15, 0.2) is 21.3 Å². The number of sulfone groups is 1. The van der Waals surface area contributed by atoms with Gasteiger partial charge in [-0.25, -0.2) is 8.42 Å². The van der Waals surface area contributed by atoms with E-state index in [1.54, 1.807) is 7.11 Å². The lowest BCUT2D eigenvalue weighted by Crippen LogP contribution is -2.45. The molecule has 1 aromatic rings. The van der Waals surface area contributed by atoms with Crippen LogP contribution in [0.15, 0.2) is 18.2 Å². The van der Waals surface area contributed by atoms with Crippen LogP contribution in [-0.4, -0.2) is 39.7 Å². The van der Waals surface area contributed by atoms with Crippen molar-refractivity contribution in [3.63, 3.8) is 0 Å². The quantitative estimate of drug-likeness (QED) is 0.857. The number of nitrogens with two attached hydrogens (primary N) is 1. The summed E-state index contributed by atoms with van der Waals surface area (Å²) >= 11 is 0. The standard InChI is InChI=1S/C14H21NO4S/c1-10(5-6-15)11-3-4-13(18-2)14(7-11)19-12-8-20(16,17)9-12/h3-4,7,10,12H,5-6,8-9,15H2,1-2H3. The van der Waals surface area contributed by atoms with Gasteiger partial charge in [0.25, 0.3) is 0 Å². The van der Waals surface area contributed by atoms with E-state index >= 15 is 0 Å². The van der Waals surface area contributed by atoms with Gasteiger partial charge in [0.1, 0.15) is 6.10 Å². The molecule has 0 aliphatic carbocycles. The molecule has 1 heterocycles. The van der Waals surface area contributed by atoms with E-state index in [0.29, 0.717) is 24.0 Å². The van der Waals surface area contributed by atoms with Gasteiger partial charge in [-0.3, -0.25) is 0 Å². The number of ether oxygens (including phenoxy) is 2. The summed E-state index contributed by atoms with van der Waals surface area (Å²) in [4.78, 5) is 0. The first-order valence-corrected chi connectivity index (χ1v) is 8.52. The number of rotatable bonds is 6. The van der Waals surface area contributed by atoms with Crippen molar-refractivity contribution < 1.29 is 17.9 Å². The summed E-state index contributed by atoms with van der Waals surface area (Å²) in [6, 6.07) is 5.76. The van der Waals surface area contributed by atoms with Gasteiger partial charge in [0, 0.05) is 0 Å². The summed E-state index contributed by atoms with van der Waals surface area (Å²) in [5.74, 6) is 1.72. The molecular formula is C14H21NO4S. The van der Waals surface area contributed by atoms with Gasteiger partial charge < -0.3 is 15.2 Å². The number of benzene rings is 1. The van der Waals surface area contributed by atoms with Crippen molar-refractivity contribution in [2.75, 3.05) is 25.2 Å². The zero-order chi connectivity index (χ0) is 14.8. The van der Waals surface area contributed by atoms with Gasteiger partial charge in [0.2, 0.25) is 0 Å². The SMILES string of the molecule is COc1ccc(C(C)CCN)cc1OC1CS(=O)(=O)C1. The molecule has 1 unspecified atom stereocenters. The van der Waals surface area contributed by atoms with Gasteiger partial charge in [-0.05, 0) is 36.6 Å². The lowest BCUT2D eigenvalue weighted by Gasteiger charge is -2.27. The highest BCUT2D eigenvalue weighted by Gasteiger charge is 2.35. The van der Waals surface area contributed by atoms with Crippen molar-refractivity contribution in [1.82, 2.24) is 0 Å². The van der Waals surface area contributed by atoms with Crippen LogP contribution in [0, 0.1) is 0 Å². The molecule has 0 amide bonds. The second kappa shape index (κ2) is 6.01. The average molecular weight is 299 g/mol. The molecule has 20 heavy (non-hydrogen) atoms. The van der Waals surface area contributed by atoms with E-state index in [1.807, 2.05) is 18.2 Å². The van der Waals surface area contributed by atoms with Gasteiger partial charge in [-0.15, -0.1) is 0 Å². The van der Waals surface area contributed by atoms with Crippen molar-refractivity contribution >= 4 is 9.84 Å². The zero-order valence-corrected chi connectivity index (χ0v) is 12.7. The van der Waals surface area contributed by atoms with Crippen molar-refractivity contribution in [2.24, 2.45) is 5.73 Å². The molecule has 0 bridgehead atoms. The molecule has 1 atom stereocenters. The third-order valence-electron chi connectivity index (χ3n) is 3.53. The molecule has 112 valence electrons. The van der Waals surface area contributed by atoms with Crippen LogP contribution in [0.1, 0.15) is 24.8 Å². The lowest BCUT2D eigenvalue weighted by atomic mass is 9.97. The van der Waals surface area contributed by atoms with Gasteiger partial charge in [0.05, 0.1) is 18.6 Å². The van der Waals surface area contributed by atoms with Gasteiger partial charge >= 0.3 is 0 Å². The van der Waals surface area contributed by atoms with Crippen molar-refractivity contribution in [3.05, 3.63) is 23.8 Å². The Labute approximate surface area is 120 Å². The van der Waals surface area contributed by atoms with Crippen molar-refractivity contribution in [2.45, 2.75) is 25.4 Å². The van der Waals surface area contributed by atoms with Gasteiger partial charge in [-0.2, -0.15) is 0 Å². The zero-order valence-electron chi connectivity index (χ0n) is 11.8. The van der Waals surface area contributed by atoms with Crippen LogP contribution in [0.4, 0.5) is 0 Å². The van der Waals surface area contributed by atoms with Crippen molar-refractivity contribution in [3.8, 4) is 11.5 Å². The first kappa shape index (κ1) is 15.1. The predicted octanol–water partition coefficient (Wildman–Crippen LogP) is 1.32. The van der Waals surface area contributed by atoms with E-state index in [4.69, 9.17) is 15.2 Å². The first-order chi connectivity index (χ1) is 9.45. The predicted molar refractivity (Wildman–Crippen MR) is 78.2 cm³/mol. The molecule has 0 saturated carbocycles. The normalized spacial score (nSPS) is 19.1. The largest absolute Gasteiger partial charge is 0.493 e. The van der Waals surface area contributed by atoms with Crippen LogP contribution in [-0.2, 0) is 9.84 Å². The lowest BCUT2D eigenvalue weighted by molar-refractivity contribution is 0.219. The molecule has 2 rings (SSSR count). The van der Waals surface area contributed by atoms with Crippen LogP contribution in [0.5, 0.6) is 11.5 Å². The molecule has 6 heteroatoms. The summed E-state index contributed by atoms with van der Waals surface area (Å²) in [7, 11) is -1.32. The monoisotopic (exact) mass is 299 g/mol. The van der Waals surface area contributed by atoms with E-state index < -0.39 is 9.84 Å². The van der Waals surface area contributed by atoms with E-state index in [9.17, 15) is 8.42 Å². The van der Waals surface area contributed by atoms with E-state index in [0.717, 1.165) is 12.0 Å². The Morgan fingerprint density at radius 2 is 2.05 bits per heavy atom. The topological polar surface area (TPSA) is 78.6 Å². The molecule has 0 radical (unpaired) electrons. The molecule has 1 aromatic carbocycles. The fourth-order valence-electron chi connectivity index (χ4n) is 2.27. The number of methoxy groups -OCH3 is 1. The van der Waals surface area contributed by atoms with Crippen LogP contribution in [0.2, 0.25) is 0 Å². The van der Waals surface area contributed by atoms with Crippen LogP contribution >= 0.6 is 0 Å².